The highest BCUT2D eigenvalue weighted by molar-refractivity contribution is 6.33. The first-order chi connectivity index (χ1) is 14.0. The fourth-order valence-corrected chi connectivity index (χ4v) is 3.35. The van der Waals surface area contributed by atoms with Crippen LogP contribution in [-0.2, 0) is 4.79 Å². The summed E-state index contributed by atoms with van der Waals surface area (Å²) in [5.41, 5.74) is 1.09. The van der Waals surface area contributed by atoms with Gasteiger partial charge in [-0.2, -0.15) is 0 Å². The molecular weight excluding hydrogens is 392 g/mol. The van der Waals surface area contributed by atoms with Gasteiger partial charge in [0, 0.05) is 24.8 Å². The van der Waals surface area contributed by atoms with Gasteiger partial charge in [0.2, 0.25) is 5.91 Å². The first-order valence-corrected chi connectivity index (χ1v) is 9.84. The van der Waals surface area contributed by atoms with Gasteiger partial charge < -0.3 is 20.9 Å². The number of urea groups is 1. The van der Waals surface area contributed by atoms with Gasteiger partial charge in [-0.1, -0.05) is 41.9 Å². The van der Waals surface area contributed by atoms with E-state index in [9.17, 15) is 14.4 Å². The normalized spacial score (nSPS) is 14.2. The molecule has 4 amide bonds. The smallest absolute Gasteiger partial charge is 0.321 e. The lowest BCUT2D eigenvalue weighted by Gasteiger charge is -2.32. The van der Waals surface area contributed by atoms with Gasteiger partial charge >= 0.3 is 6.03 Å². The summed E-state index contributed by atoms with van der Waals surface area (Å²) in [6, 6.07) is 15.8. The lowest BCUT2D eigenvalue weighted by molar-refractivity contribution is -0.121. The molecule has 1 aliphatic heterocycles. The van der Waals surface area contributed by atoms with E-state index in [-0.39, 0.29) is 24.5 Å². The second-order valence-electron chi connectivity index (χ2n) is 6.79. The molecule has 0 aromatic heterocycles. The number of carbonyl (C=O) groups excluding carboxylic acids is 3. The van der Waals surface area contributed by atoms with Crippen LogP contribution in [0, 0.1) is 0 Å². The van der Waals surface area contributed by atoms with Crippen LogP contribution in [0.4, 0.5) is 10.5 Å². The maximum absolute atomic E-state index is 12.3. The van der Waals surface area contributed by atoms with Crippen molar-refractivity contribution in [2.45, 2.75) is 18.9 Å². The van der Waals surface area contributed by atoms with Crippen molar-refractivity contribution >= 4 is 35.1 Å². The van der Waals surface area contributed by atoms with E-state index in [1.807, 2.05) is 30.3 Å². The molecule has 7 nitrogen and oxygen atoms in total. The quantitative estimate of drug-likeness (QED) is 0.702. The molecule has 0 aliphatic carbocycles. The zero-order chi connectivity index (χ0) is 20.6. The van der Waals surface area contributed by atoms with E-state index in [1.165, 1.54) is 0 Å². The average Bonchev–Trinajstić information content (AvgIpc) is 2.73. The maximum Gasteiger partial charge on any atom is 0.321 e. The summed E-state index contributed by atoms with van der Waals surface area (Å²) >= 11 is 5.98. The Kier molecular flexibility index (Phi) is 7.08. The predicted octanol–water partition coefficient (Wildman–Crippen LogP) is 2.88. The summed E-state index contributed by atoms with van der Waals surface area (Å²) in [5.74, 6) is -0.657. The van der Waals surface area contributed by atoms with Crippen LogP contribution in [-0.4, -0.2) is 48.4 Å². The highest BCUT2D eigenvalue weighted by Crippen LogP contribution is 2.15. The first kappa shape index (κ1) is 20.7. The third kappa shape index (κ3) is 5.96. The van der Waals surface area contributed by atoms with Crippen LogP contribution in [0.1, 0.15) is 23.2 Å². The van der Waals surface area contributed by atoms with E-state index < -0.39 is 5.91 Å². The summed E-state index contributed by atoms with van der Waals surface area (Å²) in [4.78, 5) is 38.3. The zero-order valence-electron chi connectivity index (χ0n) is 15.9. The van der Waals surface area contributed by atoms with E-state index in [4.69, 9.17) is 11.6 Å². The second-order valence-corrected chi connectivity index (χ2v) is 7.19. The number of amides is 4. The largest absolute Gasteiger partial charge is 0.352 e. The summed E-state index contributed by atoms with van der Waals surface area (Å²) in [5, 5.41) is 8.68. The number of rotatable bonds is 5. The number of nitrogens with one attached hydrogen (secondary N) is 3. The second kappa shape index (κ2) is 9.93. The molecule has 2 aromatic rings. The number of anilines is 1. The fourth-order valence-electron chi connectivity index (χ4n) is 3.13. The van der Waals surface area contributed by atoms with E-state index in [2.05, 4.69) is 16.0 Å². The number of hydrogen-bond donors (Lipinski definition) is 3. The first-order valence-electron chi connectivity index (χ1n) is 9.46. The number of halogens is 1. The number of carbonyl (C=O) groups is 3. The maximum atomic E-state index is 12.3. The number of hydrogen-bond acceptors (Lipinski definition) is 3. The Labute approximate surface area is 174 Å². The van der Waals surface area contributed by atoms with Crippen LogP contribution < -0.4 is 16.0 Å². The molecule has 0 spiro atoms. The van der Waals surface area contributed by atoms with Crippen LogP contribution in [0.2, 0.25) is 5.02 Å². The summed E-state index contributed by atoms with van der Waals surface area (Å²) in [6.45, 7) is 0.976. The number of benzene rings is 2. The Morgan fingerprint density at radius 3 is 2.31 bits per heavy atom. The van der Waals surface area contributed by atoms with E-state index >= 15 is 0 Å². The minimum Gasteiger partial charge on any atom is -0.352 e. The van der Waals surface area contributed by atoms with Crippen molar-refractivity contribution in [3.63, 3.8) is 0 Å². The van der Waals surface area contributed by atoms with Crippen molar-refractivity contribution < 1.29 is 14.4 Å². The van der Waals surface area contributed by atoms with Crippen molar-refractivity contribution in [2.75, 3.05) is 25.0 Å². The molecule has 1 heterocycles. The van der Waals surface area contributed by atoms with Gasteiger partial charge in [0.05, 0.1) is 17.1 Å². The molecule has 3 rings (SSSR count). The Hall–Kier alpha value is -3.06. The van der Waals surface area contributed by atoms with Crippen LogP contribution in [0.3, 0.4) is 0 Å². The van der Waals surface area contributed by atoms with Gasteiger partial charge in [0.1, 0.15) is 0 Å². The molecule has 3 N–H and O–H groups in total. The Morgan fingerprint density at radius 1 is 0.966 bits per heavy atom. The van der Waals surface area contributed by atoms with Gasteiger partial charge in [-0.15, -0.1) is 0 Å². The third-order valence-electron chi connectivity index (χ3n) is 4.70. The van der Waals surface area contributed by atoms with E-state index in [1.54, 1.807) is 29.2 Å². The predicted molar refractivity (Wildman–Crippen MR) is 112 cm³/mol. The number of likely N-dealkylation sites (tertiary alicyclic amines) is 1. The molecule has 0 bridgehead atoms. The molecule has 152 valence electrons. The van der Waals surface area contributed by atoms with Gasteiger partial charge in [0.15, 0.2) is 0 Å². The van der Waals surface area contributed by atoms with E-state index in [0.29, 0.717) is 36.5 Å². The molecule has 1 aliphatic rings. The molecular formula is C21H23ClN4O3. The minimum absolute atomic E-state index is 0.0273. The molecule has 0 saturated carbocycles. The number of nitrogens with zero attached hydrogens (tertiary/aromatic N) is 1. The highest BCUT2D eigenvalue weighted by atomic mass is 35.5. The van der Waals surface area contributed by atoms with Crippen LogP contribution in [0.15, 0.2) is 54.6 Å². The lowest BCUT2D eigenvalue weighted by Crippen LogP contribution is -2.49. The molecule has 2 aromatic carbocycles. The molecule has 8 heteroatoms. The van der Waals surface area contributed by atoms with Gasteiger partial charge in [-0.05, 0) is 37.1 Å². The molecule has 1 saturated heterocycles. The van der Waals surface area contributed by atoms with Crippen molar-refractivity contribution in [1.29, 1.82) is 0 Å². The van der Waals surface area contributed by atoms with Crippen molar-refractivity contribution in [3.05, 3.63) is 65.2 Å². The molecule has 0 radical (unpaired) electrons. The SMILES string of the molecule is O=C(CNC(=O)c1ccccc1Cl)NC1CCN(C(=O)Nc2ccccc2)CC1. The zero-order valence-corrected chi connectivity index (χ0v) is 16.6. The molecule has 0 atom stereocenters. The minimum atomic E-state index is -0.391. The Bertz CT molecular complexity index is 867. The monoisotopic (exact) mass is 414 g/mol. The van der Waals surface area contributed by atoms with Gasteiger partial charge in [-0.25, -0.2) is 4.79 Å². The number of piperidine rings is 1. The third-order valence-corrected chi connectivity index (χ3v) is 5.03. The summed E-state index contributed by atoms with van der Waals surface area (Å²) < 4.78 is 0. The van der Waals surface area contributed by atoms with Crippen molar-refractivity contribution in [1.82, 2.24) is 15.5 Å². The van der Waals surface area contributed by atoms with Crippen LogP contribution >= 0.6 is 11.6 Å². The number of para-hydroxylation sites is 1. The molecule has 0 unspecified atom stereocenters. The summed E-state index contributed by atoms with van der Waals surface area (Å²) in [6.07, 6.45) is 1.32. The standard InChI is InChI=1S/C21H23ClN4O3/c22-18-9-5-4-8-17(18)20(28)23-14-19(27)24-16-10-12-26(13-11-16)21(29)25-15-6-2-1-3-7-15/h1-9,16H,10-14H2,(H,23,28)(H,24,27)(H,25,29). The van der Waals surface area contributed by atoms with Gasteiger partial charge in [0.25, 0.3) is 5.91 Å². The van der Waals surface area contributed by atoms with E-state index in [0.717, 1.165) is 5.69 Å². The molecule has 1 fully saturated rings. The molecule has 29 heavy (non-hydrogen) atoms. The fraction of sp³-hybridized carbons (Fsp3) is 0.286. The van der Waals surface area contributed by atoms with Crippen molar-refractivity contribution in [3.8, 4) is 0 Å². The lowest BCUT2D eigenvalue weighted by atomic mass is 10.1. The van der Waals surface area contributed by atoms with Crippen LogP contribution in [0.5, 0.6) is 0 Å². The topological polar surface area (TPSA) is 90.5 Å². The summed E-state index contributed by atoms with van der Waals surface area (Å²) in [7, 11) is 0. The van der Waals surface area contributed by atoms with Gasteiger partial charge in [-0.3, -0.25) is 9.59 Å². The van der Waals surface area contributed by atoms with Crippen molar-refractivity contribution in [2.24, 2.45) is 0 Å². The van der Waals surface area contributed by atoms with Crippen LogP contribution in [0.25, 0.3) is 0 Å². The Balaban J connectivity index is 1.39. The average molecular weight is 415 g/mol. The Morgan fingerprint density at radius 2 is 1.62 bits per heavy atom. The highest BCUT2D eigenvalue weighted by Gasteiger charge is 2.24.